The normalized spacial score (nSPS) is 18.7. The van der Waals surface area contributed by atoms with Gasteiger partial charge in [0.15, 0.2) is 0 Å². The Bertz CT molecular complexity index is 124. The van der Waals surface area contributed by atoms with E-state index in [4.69, 9.17) is 0 Å². The molecule has 0 N–H and O–H groups in total. The molecule has 0 aromatic heterocycles. The highest BCUT2D eigenvalue weighted by molar-refractivity contribution is 6.29. The Kier molecular flexibility index (Phi) is 4.43. The summed E-state index contributed by atoms with van der Waals surface area (Å²) in [4.78, 5) is 2.89. The molecule has 0 aromatic rings. The van der Waals surface area contributed by atoms with Crippen LogP contribution in [0.5, 0.6) is 0 Å². The molecule has 0 spiro atoms. The summed E-state index contributed by atoms with van der Waals surface area (Å²) in [6.45, 7) is 0.803. The van der Waals surface area contributed by atoms with E-state index in [1.54, 1.807) is 0 Å². The highest BCUT2D eigenvalue weighted by Gasteiger charge is 2.09. The molecule has 0 heterocycles. The zero-order chi connectivity index (χ0) is 8.15. The van der Waals surface area contributed by atoms with Crippen LogP contribution in [0, 0.1) is 0 Å². The van der Waals surface area contributed by atoms with E-state index in [2.05, 4.69) is 16.6 Å². The van der Waals surface area contributed by atoms with Crippen LogP contribution >= 0.6 is 11.6 Å². The average molecular weight is 174 g/mol. The molecule has 10 heavy (non-hydrogen) atoms. The van der Waals surface area contributed by atoms with Crippen molar-refractivity contribution in [2.75, 3.05) is 6.54 Å². The van der Waals surface area contributed by atoms with Gasteiger partial charge in [0.25, 0.3) is 0 Å². The lowest BCUT2D eigenvalue weighted by atomic mass is 10.4. The number of hydrogen-bond donors (Lipinski definition) is 0. The van der Waals surface area contributed by atoms with Gasteiger partial charge >= 0.3 is 0 Å². The van der Waals surface area contributed by atoms with Gasteiger partial charge in [0.05, 0.1) is 6.54 Å². The minimum atomic E-state index is -2.25. The maximum atomic E-state index is 12.0. The first-order chi connectivity index (χ1) is 4.54. The van der Waals surface area contributed by atoms with Crippen molar-refractivity contribution in [1.82, 2.24) is 0 Å². The molecule has 0 aromatic carbocycles. The minimum absolute atomic E-state index is 0.390. The van der Waals surface area contributed by atoms with Crippen molar-refractivity contribution < 1.29 is 13.2 Å². The van der Waals surface area contributed by atoms with Crippen LogP contribution in [-0.4, -0.2) is 24.3 Å². The van der Waals surface area contributed by atoms with Gasteiger partial charge in [-0.1, -0.05) is 11.6 Å². The third-order valence-corrected chi connectivity index (χ3v) is 0.854. The molecule has 0 aliphatic rings. The molecule has 0 fully saturated rings. The Labute approximate surface area is 61.9 Å². The van der Waals surface area contributed by atoms with E-state index < -0.39 is 17.8 Å². The standard InChI is InChI=1S/C5H7ClF3N/c1-3(7)2-10-5(9)4(6)8/h3-4H,2H2,1H3. The van der Waals surface area contributed by atoms with Crippen LogP contribution < -0.4 is 0 Å². The topological polar surface area (TPSA) is 12.4 Å². The molecule has 0 radical (unpaired) electrons. The summed E-state index contributed by atoms with van der Waals surface area (Å²) in [5, 5.41) is 0. The zero-order valence-electron chi connectivity index (χ0n) is 5.32. The molecule has 2 atom stereocenters. The molecule has 5 heteroatoms. The first kappa shape index (κ1) is 9.75. The van der Waals surface area contributed by atoms with Crippen molar-refractivity contribution in [3.05, 3.63) is 0 Å². The fourth-order valence-electron chi connectivity index (χ4n) is 0.282. The molecule has 1 nitrogen and oxygen atoms in total. The molecule has 0 bridgehead atoms. The molecule has 0 saturated heterocycles. The first-order valence-electron chi connectivity index (χ1n) is 2.66. The lowest BCUT2D eigenvalue weighted by Gasteiger charge is -1.96. The Morgan fingerprint density at radius 1 is 1.60 bits per heavy atom. The molecule has 0 aliphatic carbocycles. The summed E-state index contributed by atoms with van der Waals surface area (Å²) >= 11 is 4.62. The van der Waals surface area contributed by atoms with Gasteiger partial charge < -0.3 is 0 Å². The summed E-state index contributed by atoms with van der Waals surface area (Å²) in [6, 6.07) is 0. The summed E-state index contributed by atoms with van der Waals surface area (Å²) in [5.41, 5.74) is -2.25. The highest BCUT2D eigenvalue weighted by Crippen LogP contribution is 2.02. The molecule has 60 valence electrons. The highest BCUT2D eigenvalue weighted by atomic mass is 35.5. The summed E-state index contributed by atoms with van der Waals surface area (Å²) in [7, 11) is 0. The van der Waals surface area contributed by atoms with Gasteiger partial charge in [0.2, 0.25) is 11.6 Å². The van der Waals surface area contributed by atoms with E-state index in [9.17, 15) is 13.2 Å². The van der Waals surface area contributed by atoms with Crippen molar-refractivity contribution in [2.24, 2.45) is 4.99 Å². The van der Waals surface area contributed by atoms with Crippen molar-refractivity contribution in [1.29, 1.82) is 0 Å². The third-order valence-electron chi connectivity index (χ3n) is 0.674. The summed E-state index contributed by atoms with van der Waals surface area (Å²) in [6.07, 6.45) is -1.28. The predicted octanol–water partition coefficient (Wildman–Crippen LogP) is 2.25. The van der Waals surface area contributed by atoms with Gasteiger partial charge in [-0.25, -0.2) is 8.78 Å². The Morgan fingerprint density at radius 3 is 2.40 bits per heavy atom. The zero-order valence-corrected chi connectivity index (χ0v) is 6.08. The van der Waals surface area contributed by atoms with Crippen molar-refractivity contribution in [2.45, 2.75) is 18.7 Å². The lowest BCUT2D eigenvalue weighted by Crippen LogP contribution is -2.06. The Morgan fingerprint density at radius 2 is 2.10 bits per heavy atom. The number of nitrogens with zero attached hydrogens (tertiary/aromatic N) is 1. The largest absolute Gasteiger partial charge is 0.255 e. The molecule has 0 rings (SSSR count). The predicted molar refractivity (Wildman–Crippen MR) is 34.7 cm³/mol. The Balaban J connectivity index is 3.69. The number of hydrogen-bond acceptors (Lipinski definition) is 1. The van der Waals surface area contributed by atoms with E-state index in [0.29, 0.717) is 0 Å². The third kappa shape index (κ3) is 4.61. The first-order valence-corrected chi connectivity index (χ1v) is 3.09. The second-order valence-electron chi connectivity index (χ2n) is 1.74. The number of halogens is 4. The summed E-state index contributed by atoms with van der Waals surface area (Å²) in [5.74, 6) is -1.37. The van der Waals surface area contributed by atoms with Crippen molar-refractivity contribution in [3.8, 4) is 0 Å². The van der Waals surface area contributed by atoms with Gasteiger partial charge in [-0.2, -0.15) is 4.39 Å². The van der Waals surface area contributed by atoms with Gasteiger partial charge in [-0.15, -0.1) is 0 Å². The van der Waals surface area contributed by atoms with Crippen LogP contribution in [0.2, 0.25) is 0 Å². The quantitative estimate of drug-likeness (QED) is 0.459. The van der Waals surface area contributed by atoms with E-state index in [1.807, 2.05) is 0 Å². The van der Waals surface area contributed by atoms with Crippen LogP contribution in [0.1, 0.15) is 6.92 Å². The molecular weight excluding hydrogens is 167 g/mol. The molecule has 0 amide bonds. The average Bonchev–Trinajstić information content (AvgIpc) is 1.82. The van der Waals surface area contributed by atoms with Crippen LogP contribution in [0.4, 0.5) is 13.2 Å². The van der Waals surface area contributed by atoms with Crippen LogP contribution in [0.3, 0.4) is 0 Å². The fraction of sp³-hybridized carbons (Fsp3) is 0.800. The fourth-order valence-corrected chi connectivity index (χ4v) is 0.351. The monoisotopic (exact) mass is 173 g/mol. The molecular formula is C5H7ClF3N. The van der Waals surface area contributed by atoms with Gasteiger partial charge in [0.1, 0.15) is 6.17 Å². The lowest BCUT2D eigenvalue weighted by molar-refractivity contribution is 0.368. The molecule has 2 unspecified atom stereocenters. The number of aliphatic imine (C=N–C) groups is 1. The van der Waals surface area contributed by atoms with Gasteiger partial charge in [-0.05, 0) is 6.92 Å². The summed E-state index contributed by atoms with van der Waals surface area (Å²) < 4.78 is 35.5. The molecule has 0 saturated carbocycles. The second-order valence-corrected chi connectivity index (χ2v) is 2.13. The Hall–Kier alpha value is -0.250. The van der Waals surface area contributed by atoms with E-state index in [0.717, 1.165) is 0 Å². The smallest absolute Gasteiger partial charge is 0.241 e. The minimum Gasteiger partial charge on any atom is -0.255 e. The molecule has 0 aliphatic heterocycles. The number of alkyl halides is 3. The maximum absolute atomic E-state index is 12.0. The maximum Gasteiger partial charge on any atom is 0.241 e. The SMILES string of the molecule is CC(F)CN=C(F)C(F)Cl. The number of rotatable bonds is 3. The van der Waals surface area contributed by atoms with Crippen LogP contribution in [0.25, 0.3) is 0 Å². The van der Waals surface area contributed by atoms with Crippen LogP contribution in [-0.2, 0) is 0 Å². The van der Waals surface area contributed by atoms with E-state index in [-0.39, 0.29) is 6.54 Å². The van der Waals surface area contributed by atoms with Crippen LogP contribution in [0.15, 0.2) is 4.99 Å². The second kappa shape index (κ2) is 4.55. The van der Waals surface area contributed by atoms with E-state index >= 15 is 0 Å². The van der Waals surface area contributed by atoms with Crippen molar-refractivity contribution >= 4 is 17.6 Å². The van der Waals surface area contributed by atoms with Gasteiger partial charge in [0, 0.05) is 0 Å². The van der Waals surface area contributed by atoms with E-state index in [1.165, 1.54) is 6.92 Å². The van der Waals surface area contributed by atoms with Gasteiger partial charge in [-0.3, -0.25) is 4.99 Å². The van der Waals surface area contributed by atoms with Crippen molar-refractivity contribution in [3.63, 3.8) is 0 Å².